The third kappa shape index (κ3) is 4.93. The molecule has 0 bridgehead atoms. The summed E-state index contributed by atoms with van der Waals surface area (Å²) < 4.78 is 27.4. The van der Waals surface area contributed by atoms with E-state index in [1.54, 1.807) is 28.6 Å². The highest BCUT2D eigenvalue weighted by Crippen LogP contribution is 2.26. The fraction of sp³-hybridized carbons (Fsp3) is 0.381. The summed E-state index contributed by atoms with van der Waals surface area (Å²) in [5, 5.41) is 3.47. The van der Waals surface area contributed by atoms with Gasteiger partial charge >= 0.3 is 0 Å². The lowest BCUT2D eigenvalue weighted by molar-refractivity contribution is 0.0951. The predicted octanol–water partition coefficient (Wildman–Crippen LogP) is 3.94. The zero-order chi connectivity index (χ0) is 20.3. The average molecular weight is 421 g/mol. The number of halogens is 1. The smallest absolute Gasteiger partial charge is 0.251 e. The van der Waals surface area contributed by atoms with Gasteiger partial charge in [-0.2, -0.15) is 4.31 Å². The zero-order valence-corrected chi connectivity index (χ0v) is 17.6. The summed E-state index contributed by atoms with van der Waals surface area (Å²) in [6.45, 7) is 5.60. The van der Waals surface area contributed by atoms with E-state index in [0.29, 0.717) is 42.1 Å². The summed E-state index contributed by atoms with van der Waals surface area (Å²) >= 11 is 5.85. The van der Waals surface area contributed by atoms with Gasteiger partial charge in [-0.1, -0.05) is 37.6 Å². The van der Waals surface area contributed by atoms with Crippen molar-refractivity contribution in [2.24, 2.45) is 11.8 Å². The predicted molar refractivity (Wildman–Crippen MR) is 111 cm³/mol. The monoisotopic (exact) mass is 420 g/mol. The summed E-state index contributed by atoms with van der Waals surface area (Å²) in [5.41, 5.74) is 1.36. The topological polar surface area (TPSA) is 66.5 Å². The van der Waals surface area contributed by atoms with E-state index in [1.807, 2.05) is 12.1 Å². The van der Waals surface area contributed by atoms with Crippen LogP contribution in [0.4, 0.5) is 0 Å². The molecule has 5 nitrogen and oxygen atoms in total. The summed E-state index contributed by atoms with van der Waals surface area (Å²) in [7, 11) is -3.54. The number of hydrogen-bond acceptors (Lipinski definition) is 3. The Hall–Kier alpha value is -1.89. The molecule has 1 aliphatic rings. The Kier molecular flexibility index (Phi) is 6.43. The van der Waals surface area contributed by atoms with E-state index >= 15 is 0 Å². The molecule has 7 heteroatoms. The molecule has 2 unspecified atom stereocenters. The number of amides is 1. The molecule has 0 saturated carbocycles. The van der Waals surface area contributed by atoms with Gasteiger partial charge in [-0.25, -0.2) is 8.42 Å². The zero-order valence-electron chi connectivity index (χ0n) is 16.1. The number of carbonyl (C=O) groups excluding carboxylic acids is 1. The van der Waals surface area contributed by atoms with E-state index < -0.39 is 10.0 Å². The van der Waals surface area contributed by atoms with Crippen molar-refractivity contribution in [2.75, 3.05) is 13.1 Å². The minimum atomic E-state index is -3.54. The Balaban J connectivity index is 1.66. The quantitative estimate of drug-likeness (QED) is 0.796. The van der Waals surface area contributed by atoms with Crippen LogP contribution in [0, 0.1) is 11.8 Å². The van der Waals surface area contributed by atoms with Crippen LogP contribution in [0.25, 0.3) is 0 Å². The maximum absolute atomic E-state index is 12.9. The fourth-order valence-electron chi connectivity index (χ4n) is 3.62. The van der Waals surface area contributed by atoms with Gasteiger partial charge in [0.2, 0.25) is 10.0 Å². The van der Waals surface area contributed by atoms with E-state index in [-0.39, 0.29) is 10.8 Å². The number of hydrogen-bond donors (Lipinski definition) is 1. The van der Waals surface area contributed by atoms with Gasteiger partial charge in [-0.05, 0) is 60.2 Å². The van der Waals surface area contributed by atoms with Crippen molar-refractivity contribution in [3.63, 3.8) is 0 Å². The van der Waals surface area contributed by atoms with Crippen molar-refractivity contribution in [1.29, 1.82) is 0 Å². The van der Waals surface area contributed by atoms with E-state index in [0.717, 1.165) is 12.0 Å². The van der Waals surface area contributed by atoms with E-state index in [9.17, 15) is 13.2 Å². The summed E-state index contributed by atoms with van der Waals surface area (Å²) in [6.07, 6.45) is 1.04. The van der Waals surface area contributed by atoms with Crippen LogP contribution in [0.15, 0.2) is 53.4 Å². The first kappa shape index (κ1) is 20.8. The number of carbonyl (C=O) groups is 1. The van der Waals surface area contributed by atoms with Crippen LogP contribution >= 0.6 is 11.6 Å². The first-order valence-corrected chi connectivity index (χ1v) is 11.2. The van der Waals surface area contributed by atoms with Gasteiger partial charge in [0.25, 0.3) is 5.91 Å². The fourth-order valence-corrected chi connectivity index (χ4v) is 5.42. The molecule has 2 aromatic carbocycles. The lowest BCUT2D eigenvalue weighted by Gasteiger charge is -2.34. The third-order valence-electron chi connectivity index (χ3n) is 4.96. The van der Waals surface area contributed by atoms with Gasteiger partial charge in [0.1, 0.15) is 0 Å². The molecule has 150 valence electrons. The second kappa shape index (κ2) is 8.64. The molecule has 2 atom stereocenters. The summed E-state index contributed by atoms with van der Waals surface area (Å²) in [6, 6.07) is 13.4. The Labute approximate surface area is 171 Å². The SMILES string of the molecule is CC1CC(C)CN(S(=O)(=O)c2ccc(C(=O)NCc3ccc(Cl)cc3)cc2)C1. The molecule has 0 aromatic heterocycles. The molecule has 0 spiro atoms. The molecule has 1 heterocycles. The molecular weight excluding hydrogens is 396 g/mol. The highest BCUT2D eigenvalue weighted by Gasteiger charge is 2.31. The van der Waals surface area contributed by atoms with Crippen LogP contribution in [0.1, 0.15) is 36.2 Å². The van der Waals surface area contributed by atoms with Crippen molar-refractivity contribution in [3.05, 3.63) is 64.7 Å². The van der Waals surface area contributed by atoms with Crippen LogP contribution < -0.4 is 5.32 Å². The molecule has 1 saturated heterocycles. The van der Waals surface area contributed by atoms with Gasteiger partial charge in [0.15, 0.2) is 0 Å². The highest BCUT2D eigenvalue weighted by atomic mass is 35.5. The molecule has 1 fully saturated rings. The number of benzene rings is 2. The minimum absolute atomic E-state index is 0.225. The van der Waals surface area contributed by atoms with Crippen LogP contribution in [-0.4, -0.2) is 31.7 Å². The van der Waals surface area contributed by atoms with Gasteiger partial charge in [-0.3, -0.25) is 4.79 Å². The number of rotatable bonds is 5. The van der Waals surface area contributed by atoms with Crippen molar-refractivity contribution < 1.29 is 13.2 Å². The molecule has 28 heavy (non-hydrogen) atoms. The third-order valence-corrected chi connectivity index (χ3v) is 7.05. The van der Waals surface area contributed by atoms with Crippen LogP contribution in [0.3, 0.4) is 0 Å². The largest absolute Gasteiger partial charge is 0.348 e. The minimum Gasteiger partial charge on any atom is -0.348 e. The maximum Gasteiger partial charge on any atom is 0.251 e. The number of sulfonamides is 1. The normalized spacial score (nSPS) is 20.7. The standard InChI is InChI=1S/C21H25ClN2O3S/c1-15-11-16(2)14-24(13-15)28(26,27)20-9-5-18(6-10-20)21(25)23-12-17-3-7-19(22)8-4-17/h3-10,15-16H,11-14H2,1-2H3,(H,23,25). The van der Waals surface area contributed by atoms with Crippen molar-refractivity contribution in [1.82, 2.24) is 9.62 Å². The van der Waals surface area contributed by atoms with E-state index in [4.69, 9.17) is 11.6 Å². The Morgan fingerprint density at radius 1 is 1.04 bits per heavy atom. The van der Waals surface area contributed by atoms with E-state index in [2.05, 4.69) is 19.2 Å². The molecule has 3 rings (SSSR count). The number of nitrogens with one attached hydrogen (secondary N) is 1. The van der Waals surface area contributed by atoms with Gasteiger partial charge in [0, 0.05) is 30.2 Å². The van der Waals surface area contributed by atoms with Gasteiger partial charge < -0.3 is 5.32 Å². The molecule has 0 radical (unpaired) electrons. The van der Waals surface area contributed by atoms with Crippen LogP contribution in [0.5, 0.6) is 0 Å². The summed E-state index contributed by atoms with van der Waals surface area (Å²) in [4.78, 5) is 12.6. The Morgan fingerprint density at radius 3 is 2.18 bits per heavy atom. The van der Waals surface area contributed by atoms with Crippen LogP contribution in [0.2, 0.25) is 5.02 Å². The summed E-state index contributed by atoms with van der Waals surface area (Å²) in [5.74, 6) is 0.437. The molecule has 2 aromatic rings. The van der Waals surface area contributed by atoms with Crippen LogP contribution in [-0.2, 0) is 16.6 Å². The maximum atomic E-state index is 12.9. The molecule has 1 N–H and O–H groups in total. The van der Waals surface area contributed by atoms with Gasteiger partial charge in [0.05, 0.1) is 4.90 Å². The first-order valence-electron chi connectivity index (χ1n) is 9.38. The number of nitrogens with zero attached hydrogens (tertiary/aromatic N) is 1. The van der Waals surface area contributed by atoms with Gasteiger partial charge in [-0.15, -0.1) is 0 Å². The van der Waals surface area contributed by atoms with E-state index in [1.165, 1.54) is 12.1 Å². The second-order valence-electron chi connectivity index (χ2n) is 7.60. The molecule has 0 aliphatic carbocycles. The van der Waals surface area contributed by atoms with Crippen molar-refractivity contribution in [3.8, 4) is 0 Å². The molecular formula is C21H25ClN2O3S. The van der Waals surface area contributed by atoms with Crippen molar-refractivity contribution >= 4 is 27.5 Å². The first-order chi connectivity index (χ1) is 13.3. The number of piperidine rings is 1. The second-order valence-corrected chi connectivity index (χ2v) is 9.98. The molecule has 1 aliphatic heterocycles. The highest BCUT2D eigenvalue weighted by molar-refractivity contribution is 7.89. The Morgan fingerprint density at radius 2 is 1.61 bits per heavy atom. The average Bonchev–Trinajstić information content (AvgIpc) is 2.66. The lowest BCUT2D eigenvalue weighted by atomic mass is 9.94. The molecule has 1 amide bonds. The Bertz CT molecular complexity index is 917. The lowest BCUT2D eigenvalue weighted by Crippen LogP contribution is -2.42. The van der Waals surface area contributed by atoms with Crippen molar-refractivity contribution in [2.45, 2.75) is 31.7 Å².